The zero-order valence-electron chi connectivity index (χ0n) is 20.8. The maximum absolute atomic E-state index is 13.4. The number of aryl methyl sites for hydroxylation is 1. The van der Waals surface area contributed by atoms with E-state index in [1.165, 1.54) is 24.7 Å². The van der Waals surface area contributed by atoms with Gasteiger partial charge >= 0.3 is 24.1 Å². The molecule has 13 heteroatoms. The van der Waals surface area contributed by atoms with Gasteiger partial charge in [-0.25, -0.2) is 19.4 Å². The highest BCUT2D eigenvalue weighted by Crippen LogP contribution is 2.25. The van der Waals surface area contributed by atoms with Crippen molar-refractivity contribution in [2.75, 3.05) is 10.6 Å². The molecule has 0 aliphatic heterocycles. The molecule has 0 bridgehead atoms. The summed E-state index contributed by atoms with van der Waals surface area (Å²) in [6.45, 7) is 1.80. The van der Waals surface area contributed by atoms with E-state index in [4.69, 9.17) is 0 Å². The molecule has 10 nitrogen and oxygen atoms in total. The van der Waals surface area contributed by atoms with Gasteiger partial charge in [-0.05, 0) is 41.5 Å². The first-order valence-corrected chi connectivity index (χ1v) is 11.8. The third kappa shape index (κ3) is 6.81. The number of amides is 3. The Labute approximate surface area is 224 Å². The number of urea groups is 1. The van der Waals surface area contributed by atoms with Crippen molar-refractivity contribution in [3.63, 3.8) is 0 Å². The van der Waals surface area contributed by atoms with Gasteiger partial charge in [0.05, 0.1) is 17.6 Å². The molecular formula is C27H22F3N5O5. The number of halogens is 3. The molecule has 40 heavy (non-hydrogen) atoms. The van der Waals surface area contributed by atoms with Gasteiger partial charge in [-0.1, -0.05) is 42.5 Å². The molecule has 0 aliphatic rings. The fraction of sp³-hybridized carbons (Fsp3) is 0.148. The van der Waals surface area contributed by atoms with Crippen molar-refractivity contribution in [2.24, 2.45) is 0 Å². The maximum atomic E-state index is 13.4. The lowest BCUT2D eigenvalue weighted by molar-refractivity contribution is -0.202. The van der Waals surface area contributed by atoms with Crippen molar-refractivity contribution in [1.29, 1.82) is 0 Å². The Bertz CT molecular complexity index is 1570. The number of esters is 2. The van der Waals surface area contributed by atoms with E-state index in [0.717, 1.165) is 5.56 Å². The van der Waals surface area contributed by atoms with Crippen LogP contribution in [0.4, 0.5) is 29.3 Å². The third-order valence-electron chi connectivity index (χ3n) is 5.77. The first-order chi connectivity index (χ1) is 19.0. The van der Waals surface area contributed by atoms with Gasteiger partial charge in [0.25, 0.3) is 5.91 Å². The Hall–Kier alpha value is -5.20. The number of para-hydroxylation sites is 1. The Morgan fingerprint density at radius 3 is 2.25 bits per heavy atom. The molecule has 3 aromatic carbocycles. The number of hydrogen-bond donors (Lipinski definition) is 4. The van der Waals surface area contributed by atoms with Gasteiger partial charge in [0.15, 0.2) is 0 Å². The molecule has 1 aromatic heterocycles. The summed E-state index contributed by atoms with van der Waals surface area (Å²) in [6, 6.07) is 14.6. The number of ether oxygens (including phenoxy) is 1. The SMILES string of the molecule is Cc1ccccc1NC(=O)Nc1cc2ccccc2cc1C(=O)N[C@@H](Cc1cnc[nH]1)C(=O)OC(=O)C(F)(F)F. The number of carbonyl (C=O) groups excluding carboxylic acids is 4. The Balaban J connectivity index is 1.63. The van der Waals surface area contributed by atoms with E-state index in [1.807, 2.05) is 0 Å². The number of fused-ring (bicyclic) bond motifs is 1. The quantitative estimate of drug-likeness (QED) is 0.196. The molecule has 4 aromatic rings. The molecule has 4 N–H and O–H groups in total. The van der Waals surface area contributed by atoms with Gasteiger partial charge in [-0.2, -0.15) is 13.2 Å². The summed E-state index contributed by atoms with van der Waals surface area (Å²) < 4.78 is 42.1. The third-order valence-corrected chi connectivity index (χ3v) is 5.77. The lowest BCUT2D eigenvalue weighted by atomic mass is 10.0. The number of anilines is 2. The van der Waals surface area contributed by atoms with E-state index < -0.39 is 36.1 Å². The highest BCUT2D eigenvalue weighted by atomic mass is 19.4. The van der Waals surface area contributed by atoms with Crippen LogP contribution in [-0.2, 0) is 20.7 Å². The first kappa shape index (κ1) is 27.8. The number of H-pyrrole nitrogens is 1. The highest BCUT2D eigenvalue weighted by molar-refractivity contribution is 6.10. The van der Waals surface area contributed by atoms with Crippen LogP contribution in [0, 0.1) is 6.92 Å². The molecular weight excluding hydrogens is 531 g/mol. The summed E-state index contributed by atoms with van der Waals surface area (Å²) in [5.74, 6) is -5.27. The second-order valence-electron chi connectivity index (χ2n) is 8.65. The van der Waals surface area contributed by atoms with Crippen LogP contribution in [0.5, 0.6) is 0 Å². The average Bonchev–Trinajstić information content (AvgIpc) is 3.41. The predicted molar refractivity (Wildman–Crippen MR) is 138 cm³/mol. The second-order valence-corrected chi connectivity index (χ2v) is 8.65. The largest absolute Gasteiger partial charge is 0.491 e. The summed E-state index contributed by atoms with van der Waals surface area (Å²) in [5.41, 5.74) is 1.56. The Morgan fingerprint density at radius 2 is 1.60 bits per heavy atom. The predicted octanol–water partition coefficient (Wildman–Crippen LogP) is 4.49. The topological polar surface area (TPSA) is 142 Å². The monoisotopic (exact) mass is 553 g/mol. The van der Waals surface area contributed by atoms with Crippen LogP contribution >= 0.6 is 0 Å². The smallest absolute Gasteiger partial charge is 0.385 e. The number of rotatable bonds is 7. The van der Waals surface area contributed by atoms with E-state index in [9.17, 15) is 32.3 Å². The molecule has 1 heterocycles. The summed E-state index contributed by atoms with van der Waals surface area (Å²) >= 11 is 0. The number of nitrogens with one attached hydrogen (secondary N) is 4. The van der Waals surface area contributed by atoms with Gasteiger partial charge < -0.3 is 25.7 Å². The van der Waals surface area contributed by atoms with Crippen LogP contribution in [0.15, 0.2) is 73.2 Å². The minimum atomic E-state index is -5.42. The number of aromatic amines is 1. The number of imidazole rings is 1. The molecule has 0 spiro atoms. The van der Waals surface area contributed by atoms with Crippen molar-refractivity contribution in [3.05, 3.63) is 90.0 Å². The van der Waals surface area contributed by atoms with Gasteiger partial charge in [0.1, 0.15) is 6.04 Å². The summed E-state index contributed by atoms with van der Waals surface area (Å²) in [7, 11) is 0. The molecule has 0 saturated carbocycles. The number of nitrogens with zero attached hydrogens (tertiary/aromatic N) is 1. The molecule has 0 saturated heterocycles. The maximum Gasteiger partial charge on any atom is 0.491 e. The fourth-order valence-electron chi connectivity index (χ4n) is 3.79. The van der Waals surface area contributed by atoms with E-state index >= 15 is 0 Å². The highest BCUT2D eigenvalue weighted by Gasteiger charge is 2.43. The van der Waals surface area contributed by atoms with Crippen LogP contribution in [0.3, 0.4) is 0 Å². The minimum Gasteiger partial charge on any atom is -0.385 e. The number of alkyl halides is 3. The zero-order valence-corrected chi connectivity index (χ0v) is 20.8. The standard InChI is InChI=1S/C27H22F3N5O5/c1-15-6-2-5-9-20(15)34-26(39)35-21-11-17-8-4-3-7-16(17)10-19(21)23(36)33-22(12-18-13-31-14-32-18)24(37)40-25(38)27(28,29)30/h2-11,13-14,22H,12H2,1H3,(H,31,32)(H,33,36)(H2,34,35,39)/t22-/m0/s1. The van der Waals surface area contributed by atoms with Gasteiger partial charge in [-0.3, -0.25) is 4.79 Å². The second kappa shape index (κ2) is 11.7. The average molecular weight is 553 g/mol. The van der Waals surface area contributed by atoms with E-state index in [-0.39, 0.29) is 23.4 Å². The molecule has 206 valence electrons. The summed E-state index contributed by atoms with van der Waals surface area (Å²) in [6.07, 6.45) is -3.23. The lowest BCUT2D eigenvalue weighted by Gasteiger charge is -2.19. The van der Waals surface area contributed by atoms with Crippen LogP contribution in [-0.4, -0.2) is 46.1 Å². The normalized spacial score (nSPS) is 11.9. The molecule has 1 atom stereocenters. The van der Waals surface area contributed by atoms with Crippen molar-refractivity contribution in [2.45, 2.75) is 25.6 Å². The number of carbonyl (C=O) groups is 4. The van der Waals surface area contributed by atoms with Crippen molar-refractivity contribution in [3.8, 4) is 0 Å². The van der Waals surface area contributed by atoms with Crippen LogP contribution in [0.25, 0.3) is 10.8 Å². The van der Waals surface area contributed by atoms with Crippen molar-refractivity contribution >= 4 is 46.0 Å². The van der Waals surface area contributed by atoms with Crippen LogP contribution in [0.2, 0.25) is 0 Å². The van der Waals surface area contributed by atoms with Crippen LogP contribution in [0.1, 0.15) is 21.6 Å². The molecule has 4 rings (SSSR count). The van der Waals surface area contributed by atoms with Gasteiger partial charge in [-0.15, -0.1) is 0 Å². The Morgan fingerprint density at radius 1 is 0.950 bits per heavy atom. The summed E-state index contributed by atoms with van der Waals surface area (Å²) in [5, 5.41) is 8.90. The zero-order chi connectivity index (χ0) is 28.9. The lowest BCUT2D eigenvalue weighted by Crippen LogP contribution is -2.45. The minimum absolute atomic E-state index is 0.0577. The number of hydrogen-bond acceptors (Lipinski definition) is 6. The molecule has 0 radical (unpaired) electrons. The fourth-order valence-corrected chi connectivity index (χ4v) is 3.79. The van der Waals surface area contributed by atoms with Gasteiger partial charge in [0.2, 0.25) is 0 Å². The van der Waals surface area contributed by atoms with E-state index in [0.29, 0.717) is 16.5 Å². The molecule has 0 aliphatic carbocycles. The molecule has 0 fully saturated rings. The van der Waals surface area contributed by atoms with E-state index in [1.54, 1.807) is 55.5 Å². The van der Waals surface area contributed by atoms with Gasteiger partial charge in [0, 0.05) is 24.0 Å². The van der Waals surface area contributed by atoms with E-state index in [2.05, 4.69) is 30.7 Å². The Kier molecular flexibility index (Phi) is 8.12. The summed E-state index contributed by atoms with van der Waals surface area (Å²) in [4.78, 5) is 56.5. The first-order valence-electron chi connectivity index (χ1n) is 11.8. The van der Waals surface area contributed by atoms with Crippen LogP contribution < -0.4 is 16.0 Å². The van der Waals surface area contributed by atoms with Crippen molar-refractivity contribution in [1.82, 2.24) is 15.3 Å². The molecule has 3 amide bonds. The van der Waals surface area contributed by atoms with Crippen molar-refractivity contribution < 1.29 is 37.1 Å². The molecule has 0 unspecified atom stereocenters. The number of aromatic nitrogens is 2. The number of benzene rings is 3.